The van der Waals surface area contributed by atoms with Crippen LogP contribution in [0.3, 0.4) is 0 Å². The number of anilines is 1. The van der Waals surface area contributed by atoms with Crippen molar-refractivity contribution in [2.45, 2.75) is 19.8 Å². The van der Waals surface area contributed by atoms with Crippen LogP contribution < -0.4 is 4.90 Å². The van der Waals surface area contributed by atoms with Crippen molar-refractivity contribution >= 4 is 33.9 Å². The zero-order chi connectivity index (χ0) is 17.9. The fourth-order valence-corrected chi connectivity index (χ4v) is 3.57. The van der Waals surface area contributed by atoms with Crippen LogP contribution in [0.2, 0.25) is 5.02 Å². The molecule has 3 heterocycles. The van der Waals surface area contributed by atoms with E-state index in [4.69, 9.17) is 11.6 Å². The van der Waals surface area contributed by atoms with Crippen molar-refractivity contribution in [1.82, 2.24) is 9.97 Å². The monoisotopic (exact) mass is 380 g/mol. The van der Waals surface area contributed by atoms with Crippen molar-refractivity contribution in [1.29, 1.82) is 0 Å². The van der Waals surface area contributed by atoms with Crippen LogP contribution in [0.15, 0.2) is 40.9 Å². The molecule has 1 saturated heterocycles. The van der Waals surface area contributed by atoms with Crippen molar-refractivity contribution in [3.8, 4) is 11.4 Å². The molecule has 0 saturated carbocycles. The van der Waals surface area contributed by atoms with Crippen LogP contribution in [0.4, 0.5) is 5.82 Å². The number of piperidine rings is 1. The fourth-order valence-electron chi connectivity index (χ4n) is 2.65. The van der Waals surface area contributed by atoms with Gasteiger partial charge in [0, 0.05) is 37.8 Å². The molecule has 0 amide bonds. The molecule has 1 aliphatic heterocycles. The number of hydrogen-bond acceptors (Lipinski definition) is 6. The van der Waals surface area contributed by atoms with Gasteiger partial charge in [0.2, 0.25) is 0 Å². The molecule has 8 heteroatoms. The molecule has 25 heavy (non-hydrogen) atoms. The van der Waals surface area contributed by atoms with E-state index >= 15 is 0 Å². The lowest BCUT2D eigenvalue weighted by Crippen LogP contribution is -2.34. The molecule has 0 aliphatic carbocycles. The van der Waals surface area contributed by atoms with E-state index in [1.54, 1.807) is 13.1 Å². The normalized spacial score (nSPS) is 16.0. The van der Waals surface area contributed by atoms with E-state index in [0.29, 0.717) is 23.6 Å². The number of pyridine rings is 2. The predicted molar refractivity (Wildman–Crippen MR) is 105 cm³/mol. The lowest BCUT2D eigenvalue weighted by atomic mass is 10.1. The van der Waals surface area contributed by atoms with Gasteiger partial charge in [-0.05, 0) is 31.2 Å². The molecule has 3 rings (SSSR count). The fraction of sp³-hybridized carbons (Fsp3) is 0.353. The summed E-state index contributed by atoms with van der Waals surface area (Å²) in [6.45, 7) is 3.19. The molecule has 0 aromatic carbocycles. The van der Waals surface area contributed by atoms with Crippen LogP contribution in [0, 0.1) is 0 Å². The quantitative estimate of drug-likeness (QED) is 0.814. The Morgan fingerprint density at radius 1 is 1.20 bits per heavy atom. The smallest absolute Gasteiger partial charge is 0.129 e. The Balaban J connectivity index is 1.76. The molecule has 0 radical (unpaired) electrons. The second-order valence-corrected chi connectivity index (χ2v) is 8.21. The summed E-state index contributed by atoms with van der Waals surface area (Å²) in [5, 5.41) is 0.568. The van der Waals surface area contributed by atoms with Gasteiger partial charge in [0.15, 0.2) is 0 Å². The number of rotatable bonds is 4. The van der Waals surface area contributed by atoms with Crippen LogP contribution in [0.25, 0.3) is 11.4 Å². The molecule has 1 aliphatic rings. The third-order valence-corrected chi connectivity index (χ3v) is 5.70. The summed E-state index contributed by atoms with van der Waals surface area (Å²) in [7, 11) is -2.82. The van der Waals surface area contributed by atoms with Crippen LogP contribution >= 0.6 is 22.4 Å². The van der Waals surface area contributed by atoms with Gasteiger partial charge in [-0.1, -0.05) is 28.4 Å². The van der Waals surface area contributed by atoms with Gasteiger partial charge in [-0.3, -0.25) is 14.1 Å². The minimum Gasteiger partial charge on any atom is -0.356 e. The van der Waals surface area contributed by atoms with Crippen molar-refractivity contribution in [3.05, 3.63) is 41.6 Å². The van der Waals surface area contributed by atoms with Gasteiger partial charge >= 0.3 is 0 Å². The Bertz CT molecular complexity index is 760. The summed E-state index contributed by atoms with van der Waals surface area (Å²) in [6.07, 6.45) is 3.11. The topological polar surface area (TPSA) is 81.8 Å². The summed E-state index contributed by atoms with van der Waals surface area (Å²) in [5.41, 5.74) is 2.27. The molecule has 0 bridgehead atoms. The molecule has 134 valence electrons. The molecule has 2 aromatic heterocycles. The van der Waals surface area contributed by atoms with Crippen LogP contribution in [0.1, 0.15) is 19.8 Å². The second-order valence-electron chi connectivity index (χ2n) is 5.78. The number of hydrogen-bond donors (Lipinski definition) is 2. The van der Waals surface area contributed by atoms with Crippen molar-refractivity contribution < 1.29 is 9.11 Å². The molecule has 2 aromatic rings. The average molecular weight is 381 g/mol. The molecular formula is C17H21ClN4O2S. The zero-order valence-corrected chi connectivity index (χ0v) is 15.5. The van der Waals surface area contributed by atoms with Crippen molar-refractivity contribution in [3.63, 3.8) is 0 Å². The van der Waals surface area contributed by atoms with Crippen molar-refractivity contribution in [2.24, 2.45) is 4.40 Å². The number of halogens is 1. The first-order valence-electron chi connectivity index (χ1n) is 8.15. The van der Waals surface area contributed by atoms with Gasteiger partial charge in [0.25, 0.3) is 0 Å². The summed E-state index contributed by atoms with van der Waals surface area (Å²) < 4.78 is 23.6. The third-order valence-electron chi connectivity index (χ3n) is 4.07. The van der Waals surface area contributed by atoms with E-state index in [1.807, 2.05) is 30.3 Å². The van der Waals surface area contributed by atoms with E-state index in [0.717, 1.165) is 30.3 Å². The molecule has 0 spiro atoms. The predicted octanol–water partition coefficient (Wildman–Crippen LogP) is 4.52. The summed E-state index contributed by atoms with van der Waals surface area (Å²) in [6, 6.07) is 9.38. The van der Waals surface area contributed by atoms with Gasteiger partial charge in [-0.25, -0.2) is 4.98 Å². The van der Waals surface area contributed by atoms with E-state index in [9.17, 15) is 9.11 Å². The average Bonchev–Trinajstić information content (AvgIpc) is 2.63. The maximum atomic E-state index is 9.76. The maximum Gasteiger partial charge on any atom is 0.129 e. The minimum atomic E-state index is -2.82. The van der Waals surface area contributed by atoms with Crippen LogP contribution in [-0.4, -0.2) is 43.6 Å². The Kier molecular flexibility index (Phi) is 5.58. The third kappa shape index (κ3) is 4.49. The number of nitrogens with zero attached hydrogens (tertiary/aromatic N) is 4. The molecule has 0 atom stereocenters. The van der Waals surface area contributed by atoms with Gasteiger partial charge in [-0.2, -0.15) is 4.40 Å². The summed E-state index contributed by atoms with van der Waals surface area (Å²) in [5.74, 6) is 1.10. The highest BCUT2D eigenvalue weighted by Gasteiger charge is 2.20. The Morgan fingerprint density at radius 3 is 2.60 bits per heavy atom. The Labute approximate surface area is 154 Å². The highest BCUT2D eigenvalue weighted by Crippen LogP contribution is 2.40. The lowest BCUT2D eigenvalue weighted by molar-refractivity contribution is 0.490. The van der Waals surface area contributed by atoms with E-state index < -0.39 is 10.8 Å². The Hall–Kier alpha value is -1.67. The van der Waals surface area contributed by atoms with Crippen molar-refractivity contribution in [2.75, 3.05) is 23.7 Å². The first-order chi connectivity index (χ1) is 12.0. The van der Waals surface area contributed by atoms with Gasteiger partial charge in [-0.15, -0.1) is 0 Å². The van der Waals surface area contributed by atoms with Gasteiger partial charge < -0.3 is 4.90 Å². The first kappa shape index (κ1) is 18.1. The van der Waals surface area contributed by atoms with E-state index in [1.165, 1.54) is 0 Å². The van der Waals surface area contributed by atoms with Gasteiger partial charge in [0.05, 0.1) is 16.5 Å². The standard InChI is InChI=1S/C17H21ClN4O2S/c1-2-25(23,24)21-13-8-11-22(12-9-13)16-7-6-14(18)17(20-16)15-5-3-4-10-19-15/h3-7,10,23-24H,2,8-9,11-12H2,1H3. The Morgan fingerprint density at radius 2 is 1.96 bits per heavy atom. The highest BCUT2D eigenvalue weighted by molar-refractivity contribution is 8.23. The molecule has 6 nitrogen and oxygen atoms in total. The minimum absolute atomic E-state index is 0.256. The van der Waals surface area contributed by atoms with E-state index in [2.05, 4.69) is 19.3 Å². The van der Waals surface area contributed by atoms with E-state index in [-0.39, 0.29) is 5.75 Å². The summed E-state index contributed by atoms with van der Waals surface area (Å²) in [4.78, 5) is 11.2. The maximum absolute atomic E-state index is 9.76. The summed E-state index contributed by atoms with van der Waals surface area (Å²) >= 11 is 6.29. The molecule has 2 N–H and O–H groups in total. The van der Waals surface area contributed by atoms with Gasteiger partial charge in [0.1, 0.15) is 11.5 Å². The molecule has 0 unspecified atom stereocenters. The zero-order valence-electron chi connectivity index (χ0n) is 14.0. The first-order valence-corrected chi connectivity index (χ1v) is 10.2. The lowest BCUT2D eigenvalue weighted by Gasteiger charge is -2.32. The highest BCUT2D eigenvalue weighted by atomic mass is 35.5. The second kappa shape index (κ2) is 7.70. The molecular weight excluding hydrogens is 360 g/mol. The molecule has 1 fully saturated rings. The SMILES string of the molecule is CCS(O)(O)N=C1CCN(c2ccc(Cl)c(-c3ccccn3)n2)CC1. The number of aromatic nitrogens is 2. The van der Waals surface area contributed by atoms with Crippen LogP contribution in [-0.2, 0) is 0 Å². The van der Waals surface area contributed by atoms with Crippen LogP contribution in [0.5, 0.6) is 0 Å². The largest absolute Gasteiger partial charge is 0.356 e.